The van der Waals surface area contributed by atoms with E-state index in [4.69, 9.17) is 0 Å². The van der Waals surface area contributed by atoms with Gasteiger partial charge in [0.05, 0.1) is 0 Å². The van der Waals surface area contributed by atoms with Crippen LogP contribution in [-0.4, -0.2) is 23.5 Å². The van der Waals surface area contributed by atoms with Crippen LogP contribution in [0.3, 0.4) is 0 Å². The Morgan fingerprint density at radius 1 is 1.14 bits per heavy atom. The van der Waals surface area contributed by atoms with Gasteiger partial charge in [0.25, 0.3) is 0 Å². The first-order valence-corrected chi connectivity index (χ1v) is 6.55. The Hall–Kier alpha value is -0.0400. The van der Waals surface area contributed by atoms with Crippen LogP contribution in [0.2, 0.25) is 0 Å². The van der Waals surface area contributed by atoms with Crippen molar-refractivity contribution in [1.82, 2.24) is 4.90 Å². The maximum Gasteiger partial charge on any atom is 0.00978 e. The molecule has 1 heteroatoms. The fraction of sp³-hybridized carbons (Fsp3) is 1.00. The Morgan fingerprint density at radius 3 is 2.29 bits per heavy atom. The number of rotatable bonds is 5. The number of nitrogens with zero attached hydrogens (tertiary/aromatic N) is 1. The van der Waals surface area contributed by atoms with Gasteiger partial charge in [0, 0.05) is 12.1 Å². The molecule has 1 aliphatic heterocycles. The fourth-order valence-electron chi connectivity index (χ4n) is 2.81. The molecular formula is C13H27N. The third-order valence-corrected chi connectivity index (χ3v) is 3.57. The molecule has 0 amide bonds. The molecule has 0 spiro atoms. The molecule has 0 aromatic heterocycles. The van der Waals surface area contributed by atoms with Crippen molar-refractivity contribution in [1.29, 1.82) is 0 Å². The Bertz CT molecular complexity index is 138. The van der Waals surface area contributed by atoms with Crippen molar-refractivity contribution >= 4 is 0 Å². The summed E-state index contributed by atoms with van der Waals surface area (Å²) in [7, 11) is 0. The van der Waals surface area contributed by atoms with Gasteiger partial charge in [0.1, 0.15) is 0 Å². The minimum atomic E-state index is 0.840. The van der Waals surface area contributed by atoms with Crippen LogP contribution in [0.1, 0.15) is 65.7 Å². The zero-order chi connectivity index (χ0) is 10.4. The highest BCUT2D eigenvalue weighted by Gasteiger charge is 2.24. The normalized spacial score (nSPS) is 24.4. The van der Waals surface area contributed by atoms with Crippen molar-refractivity contribution in [2.24, 2.45) is 0 Å². The predicted molar refractivity (Wildman–Crippen MR) is 63.6 cm³/mol. The smallest absolute Gasteiger partial charge is 0.00978 e. The van der Waals surface area contributed by atoms with E-state index in [2.05, 4.69) is 25.7 Å². The molecular weight excluding hydrogens is 170 g/mol. The van der Waals surface area contributed by atoms with Crippen molar-refractivity contribution in [2.45, 2.75) is 77.8 Å². The lowest BCUT2D eigenvalue weighted by molar-refractivity contribution is 0.0931. The zero-order valence-corrected chi connectivity index (χ0v) is 10.3. The van der Waals surface area contributed by atoms with Gasteiger partial charge in [-0.2, -0.15) is 0 Å². The summed E-state index contributed by atoms with van der Waals surface area (Å²) in [6.07, 6.45) is 9.78. The number of likely N-dealkylation sites (tertiary alicyclic amines) is 1. The average molecular weight is 197 g/mol. The third-order valence-electron chi connectivity index (χ3n) is 3.57. The first kappa shape index (κ1) is 12.0. The summed E-state index contributed by atoms with van der Waals surface area (Å²) in [6.45, 7) is 8.40. The van der Waals surface area contributed by atoms with Crippen LogP contribution >= 0.6 is 0 Å². The monoisotopic (exact) mass is 197 g/mol. The van der Waals surface area contributed by atoms with Gasteiger partial charge >= 0.3 is 0 Å². The summed E-state index contributed by atoms with van der Waals surface area (Å²) in [5.74, 6) is 0. The summed E-state index contributed by atoms with van der Waals surface area (Å²) in [6, 6.07) is 1.71. The van der Waals surface area contributed by atoms with Gasteiger partial charge in [-0.1, -0.05) is 33.1 Å². The molecule has 0 aromatic rings. The van der Waals surface area contributed by atoms with Gasteiger partial charge in [-0.15, -0.1) is 0 Å². The van der Waals surface area contributed by atoms with Crippen molar-refractivity contribution in [3.63, 3.8) is 0 Å². The van der Waals surface area contributed by atoms with Crippen LogP contribution in [0.4, 0.5) is 0 Å². The summed E-state index contributed by atoms with van der Waals surface area (Å²) < 4.78 is 0. The molecule has 0 bridgehead atoms. The van der Waals surface area contributed by atoms with Crippen LogP contribution in [-0.2, 0) is 0 Å². The molecule has 84 valence electrons. The van der Waals surface area contributed by atoms with Crippen LogP contribution < -0.4 is 0 Å². The van der Waals surface area contributed by atoms with E-state index in [1.807, 2.05) is 0 Å². The number of hydrogen-bond acceptors (Lipinski definition) is 1. The Balaban J connectivity index is 2.46. The molecule has 0 aromatic carbocycles. The molecule has 1 aliphatic rings. The van der Waals surface area contributed by atoms with Crippen LogP contribution in [0, 0.1) is 0 Å². The van der Waals surface area contributed by atoms with Gasteiger partial charge < -0.3 is 0 Å². The van der Waals surface area contributed by atoms with E-state index < -0.39 is 0 Å². The van der Waals surface area contributed by atoms with E-state index in [0.717, 1.165) is 12.1 Å². The lowest BCUT2D eigenvalue weighted by atomic mass is 9.97. The summed E-state index contributed by atoms with van der Waals surface area (Å²) >= 11 is 0. The lowest BCUT2D eigenvalue weighted by Gasteiger charge is -2.39. The van der Waals surface area contributed by atoms with Crippen molar-refractivity contribution in [3.8, 4) is 0 Å². The molecule has 1 rings (SSSR count). The highest BCUT2D eigenvalue weighted by atomic mass is 15.2. The topological polar surface area (TPSA) is 3.24 Å². The van der Waals surface area contributed by atoms with Crippen molar-refractivity contribution < 1.29 is 0 Å². The van der Waals surface area contributed by atoms with Crippen molar-refractivity contribution in [2.75, 3.05) is 6.54 Å². The number of piperidine rings is 1. The molecule has 1 atom stereocenters. The second kappa shape index (κ2) is 6.44. The van der Waals surface area contributed by atoms with E-state index in [1.54, 1.807) is 0 Å². The molecule has 14 heavy (non-hydrogen) atoms. The van der Waals surface area contributed by atoms with Gasteiger partial charge in [0.15, 0.2) is 0 Å². The fourth-order valence-corrected chi connectivity index (χ4v) is 2.81. The molecule has 0 saturated carbocycles. The van der Waals surface area contributed by atoms with Crippen LogP contribution in [0.25, 0.3) is 0 Å². The molecule has 1 nitrogen and oxygen atoms in total. The maximum absolute atomic E-state index is 2.77. The first-order valence-electron chi connectivity index (χ1n) is 6.55. The average Bonchev–Trinajstić information content (AvgIpc) is 2.18. The van der Waals surface area contributed by atoms with E-state index in [9.17, 15) is 0 Å². The molecule has 0 aliphatic carbocycles. The molecule has 1 unspecified atom stereocenters. The summed E-state index contributed by atoms with van der Waals surface area (Å²) in [4.78, 5) is 2.77. The molecule has 1 heterocycles. The van der Waals surface area contributed by atoms with E-state index in [-0.39, 0.29) is 0 Å². The minimum absolute atomic E-state index is 0.840. The molecule has 0 radical (unpaired) electrons. The Labute approximate surface area is 89.9 Å². The molecule has 0 N–H and O–H groups in total. The highest BCUT2D eigenvalue weighted by Crippen LogP contribution is 2.23. The molecule has 1 saturated heterocycles. The maximum atomic E-state index is 2.77. The van der Waals surface area contributed by atoms with E-state index in [0.29, 0.717) is 0 Å². The molecule has 1 fully saturated rings. The van der Waals surface area contributed by atoms with Gasteiger partial charge in [-0.05, 0) is 39.2 Å². The Kier molecular flexibility index (Phi) is 5.54. The van der Waals surface area contributed by atoms with Crippen LogP contribution in [0.15, 0.2) is 0 Å². The summed E-state index contributed by atoms with van der Waals surface area (Å²) in [5.41, 5.74) is 0. The minimum Gasteiger partial charge on any atom is -0.298 e. The third kappa shape index (κ3) is 3.27. The highest BCUT2D eigenvalue weighted by molar-refractivity contribution is 4.79. The predicted octanol–water partition coefficient (Wildman–Crippen LogP) is 3.83. The van der Waals surface area contributed by atoms with Crippen molar-refractivity contribution in [3.05, 3.63) is 0 Å². The van der Waals surface area contributed by atoms with Crippen LogP contribution in [0.5, 0.6) is 0 Å². The first-order chi connectivity index (χ1) is 6.79. The SMILES string of the molecule is CCCC(CCC)N1CCCCC1C. The lowest BCUT2D eigenvalue weighted by Crippen LogP contribution is -2.44. The van der Waals surface area contributed by atoms with E-state index in [1.165, 1.54) is 51.5 Å². The van der Waals surface area contributed by atoms with Gasteiger partial charge in [-0.3, -0.25) is 4.90 Å². The van der Waals surface area contributed by atoms with E-state index >= 15 is 0 Å². The van der Waals surface area contributed by atoms with Gasteiger partial charge in [0.2, 0.25) is 0 Å². The quantitative estimate of drug-likeness (QED) is 0.647. The summed E-state index contributed by atoms with van der Waals surface area (Å²) in [5, 5.41) is 0. The van der Waals surface area contributed by atoms with Gasteiger partial charge in [-0.25, -0.2) is 0 Å². The second-order valence-corrected chi connectivity index (χ2v) is 4.81. The standard InChI is InChI=1S/C13H27N/c1-4-8-13(9-5-2)14-11-7-6-10-12(14)3/h12-13H,4-11H2,1-3H3. The number of hydrogen-bond donors (Lipinski definition) is 0. The largest absolute Gasteiger partial charge is 0.298 e. The Morgan fingerprint density at radius 2 is 1.79 bits per heavy atom. The zero-order valence-electron chi connectivity index (χ0n) is 10.3. The second-order valence-electron chi connectivity index (χ2n) is 4.81.